The number of aliphatic hydroxyl groups excluding tert-OH is 1. The summed E-state index contributed by atoms with van der Waals surface area (Å²) in [6, 6.07) is 0. The van der Waals surface area contributed by atoms with Crippen molar-refractivity contribution in [3.05, 3.63) is 5.89 Å². The van der Waals surface area contributed by atoms with Gasteiger partial charge in [0.05, 0.1) is 12.0 Å². The summed E-state index contributed by atoms with van der Waals surface area (Å²) in [4.78, 5) is 8.88. The van der Waals surface area contributed by atoms with Gasteiger partial charge in [0, 0.05) is 26.2 Å². The van der Waals surface area contributed by atoms with Gasteiger partial charge < -0.3 is 19.4 Å². The highest BCUT2D eigenvalue weighted by Crippen LogP contribution is 2.28. The van der Waals surface area contributed by atoms with Gasteiger partial charge in [0.2, 0.25) is 5.89 Å². The normalized spacial score (nSPS) is 20.8. The first-order valence-electron chi connectivity index (χ1n) is 6.94. The van der Waals surface area contributed by atoms with Gasteiger partial charge in [0.1, 0.15) is 0 Å². The second kappa shape index (κ2) is 5.88. The van der Waals surface area contributed by atoms with Gasteiger partial charge >= 0.3 is 0 Å². The molecule has 0 aromatic carbocycles. The fraction of sp³-hybridized carbons (Fsp3) is 0.846. The first-order valence-corrected chi connectivity index (χ1v) is 6.94. The molecule has 0 aliphatic carbocycles. The molecular formula is C13H24N4O2. The lowest BCUT2D eigenvalue weighted by atomic mass is 9.91. The van der Waals surface area contributed by atoms with Crippen molar-refractivity contribution >= 4 is 5.95 Å². The van der Waals surface area contributed by atoms with Crippen molar-refractivity contribution in [3.63, 3.8) is 0 Å². The number of hydrogen-bond acceptors (Lipinski definition) is 6. The number of rotatable bonds is 4. The Morgan fingerprint density at radius 3 is 2.32 bits per heavy atom. The Morgan fingerprint density at radius 1 is 1.16 bits per heavy atom. The average Bonchev–Trinajstić information content (AvgIpc) is 2.78. The first-order chi connectivity index (χ1) is 8.99. The molecule has 1 aromatic rings. The third kappa shape index (κ3) is 3.25. The molecule has 0 amide bonds. The van der Waals surface area contributed by atoms with E-state index in [9.17, 15) is 5.11 Å². The molecular weight excluding hydrogens is 244 g/mol. The molecule has 0 saturated carbocycles. The van der Waals surface area contributed by atoms with Gasteiger partial charge in [0.25, 0.3) is 5.95 Å². The van der Waals surface area contributed by atoms with E-state index in [2.05, 4.69) is 40.8 Å². The van der Waals surface area contributed by atoms with Crippen LogP contribution >= 0.6 is 0 Å². The van der Waals surface area contributed by atoms with Crippen LogP contribution < -0.4 is 4.90 Å². The highest BCUT2D eigenvalue weighted by atomic mass is 16.5. The highest BCUT2D eigenvalue weighted by molar-refractivity contribution is 5.29. The Kier molecular flexibility index (Phi) is 4.42. The highest BCUT2D eigenvalue weighted by Gasteiger charge is 2.28. The molecule has 6 heteroatoms. The lowest BCUT2D eigenvalue weighted by molar-refractivity contribution is 0.120. The van der Waals surface area contributed by atoms with Gasteiger partial charge in [-0.3, -0.25) is 0 Å². The fourth-order valence-corrected chi connectivity index (χ4v) is 2.55. The van der Waals surface area contributed by atoms with Crippen LogP contribution in [-0.4, -0.2) is 59.5 Å². The minimum Gasteiger partial charge on any atom is -0.393 e. The fourth-order valence-electron chi connectivity index (χ4n) is 2.55. The Labute approximate surface area is 114 Å². The van der Waals surface area contributed by atoms with Crippen molar-refractivity contribution in [2.75, 3.05) is 38.1 Å². The van der Waals surface area contributed by atoms with Crippen molar-refractivity contribution in [1.82, 2.24) is 15.0 Å². The SMILES string of the molecule is CC(C)C(c1nc(N2CCN(C)CC2)no1)C(C)O. The van der Waals surface area contributed by atoms with E-state index in [-0.39, 0.29) is 11.8 Å². The second-order valence-electron chi connectivity index (χ2n) is 5.73. The Morgan fingerprint density at radius 2 is 1.79 bits per heavy atom. The van der Waals surface area contributed by atoms with Crippen LogP contribution in [0.4, 0.5) is 5.95 Å². The molecule has 2 atom stereocenters. The van der Waals surface area contributed by atoms with Crippen LogP contribution in [0.5, 0.6) is 0 Å². The lowest BCUT2D eigenvalue weighted by Crippen LogP contribution is -2.44. The minimum atomic E-state index is -0.485. The lowest BCUT2D eigenvalue weighted by Gasteiger charge is -2.31. The number of nitrogens with zero attached hydrogens (tertiary/aromatic N) is 4. The summed E-state index contributed by atoms with van der Waals surface area (Å²) < 4.78 is 5.35. The van der Waals surface area contributed by atoms with Crippen LogP contribution in [0.1, 0.15) is 32.6 Å². The van der Waals surface area contributed by atoms with Crippen LogP contribution in [0, 0.1) is 5.92 Å². The van der Waals surface area contributed by atoms with E-state index in [0.717, 1.165) is 26.2 Å². The van der Waals surface area contributed by atoms with Gasteiger partial charge in [-0.25, -0.2) is 0 Å². The van der Waals surface area contributed by atoms with Gasteiger partial charge in [-0.1, -0.05) is 13.8 Å². The summed E-state index contributed by atoms with van der Waals surface area (Å²) in [6.45, 7) is 9.72. The van der Waals surface area contributed by atoms with Crippen molar-refractivity contribution < 1.29 is 9.63 Å². The second-order valence-corrected chi connectivity index (χ2v) is 5.73. The maximum Gasteiger partial charge on any atom is 0.266 e. The summed E-state index contributed by atoms with van der Waals surface area (Å²) >= 11 is 0. The van der Waals surface area contributed by atoms with Gasteiger partial charge in [-0.15, -0.1) is 0 Å². The van der Waals surface area contributed by atoms with Crippen LogP contribution in [-0.2, 0) is 0 Å². The van der Waals surface area contributed by atoms with E-state index in [0.29, 0.717) is 11.8 Å². The molecule has 0 bridgehead atoms. The molecule has 19 heavy (non-hydrogen) atoms. The number of piperazine rings is 1. The van der Waals surface area contributed by atoms with E-state index in [1.807, 2.05) is 0 Å². The zero-order valence-corrected chi connectivity index (χ0v) is 12.2. The van der Waals surface area contributed by atoms with E-state index < -0.39 is 6.10 Å². The maximum absolute atomic E-state index is 9.84. The third-order valence-electron chi connectivity index (χ3n) is 3.74. The number of likely N-dealkylation sites (N-methyl/N-ethyl adjacent to an activating group) is 1. The Hall–Kier alpha value is -1.14. The molecule has 1 aliphatic rings. The number of anilines is 1. The molecule has 1 aliphatic heterocycles. The van der Waals surface area contributed by atoms with Crippen molar-refractivity contribution in [2.45, 2.75) is 32.8 Å². The van der Waals surface area contributed by atoms with Crippen LogP contribution in [0.2, 0.25) is 0 Å². The predicted octanol–water partition coefficient (Wildman–Crippen LogP) is 0.942. The van der Waals surface area contributed by atoms with Crippen LogP contribution in [0.15, 0.2) is 4.52 Å². The van der Waals surface area contributed by atoms with E-state index in [4.69, 9.17) is 4.52 Å². The summed E-state index contributed by atoms with van der Waals surface area (Å²) in [6.07, 6.45) is -0.485. The van der Waals surface area contributed by atoms with E-state index in [1.165, 1.54) is 0 Å². The molecule has 1 fully saturated rings. The van der Waals surface area contributed by atoms with Crippen molar-refractivity contribution in [2.24, 2.45) is 5.92 Å². The molecule has 6 nitrogen and oxygen atoms in total. The molecule has 2 heterocycles. The minimum absolute atomic E-state index is 0.103. The number of aromatic nitrogens is 2. The summed E-state index contributed by atoms with van der Waals surface area (Å²) in [7, 11) is 2.11. The molecule has 1 aromatic heterocycles. The summed E-state index contributed by atoms with van der Waals surface area (Å²) in [5.41, 5.74) is 0. The monoisotopic (exact) mass is 268 g/mol. The molecule has 1 saturated heterocycles. The third-order valence-corrected chi connectivity index (χ3v) is 3.74. The first kappa shape index (κ1) is 14.3. The molecule has 2 rings (SSSR count). The van der Waals surface area contributed by atoms with Crippen molar-refractivity contribution in [3.8, 4) is 0 Å². The van der Waals surface area contributed by atoms with E-state index >= 15 is 0 Å². The average molecular weight is 268 g/mol. The topological polar surface area (TPSA) is 65.6 Å². The molecule has 0 radical (unpaired) electrons. The van der Waals surface area contributed by atoms with E-state index in [1.54, 1.807) is 6.92 Å². The van der Waals surface area contributed by atoms with Gasteiger partial charge in [0.15, 0.2) is 0 Å². The quantitative estimate of drug-likeness (QED) is 0.877. The maximum atomic E-state index is 9.84. The van der Waals surface area contributed by atoms with Crippen molar-refractivity contribution in [1.29, 1.82) is 0 Å². The molecule has 108 valence electrons. The number of aliphatic hydroxyl groups is 1. The Balaban J connectivity index is 2.09. The Bertz CT molecular complexity index is 389. The standard InChI is InChI=1S/C13H24N4O2/c1-9(2)11(10(3)18)12-14-13(15-19-12)17-7-5-16(4)6-8-17/h9-11,18H,5-8H2,1-4H3. The zero-order valence-electron chi connectivity index (χ0n) is 12.2. The van der Waals surface area contributed by atoms with Gasteiger partial charge in [-0.05, 0) is 25.0 Å². The summed E-state index contributed by atoms with van der Waals surface area (Å²) in [5, 5.41) is 13.9. The van der Waals surface area contributed by atoms with Gasteiger partial charge in [-0.2, -0.15) is 4.98 Å². The summed E-state index contributed by atoms with van der Waals surface area (Å²) in [5.74, 6) is 1.35. The zero-order chi connectivity index (χ0) is 14.0. The molecule has 1 N–H and O–H groups in total. The van der Waals surface area contributed by atoms with Crippen LogP contribution in [0.3, 0.4) is 0 Å². The largest absolute Gasteiger partial charge is 0.393 e. The smallest absolute Gasteiger partial charge is 0.266 e. The number of hydrogen-bond donors (Lipinski definition) is 1. The predicted molar refractivity (Wildman–Crippen MR) is 73.3 cm³/mol. The molecule has 2 unspecified atom stereocenters. The van der Waals surface area contributed by atoms with Crippen LogP contribution in [0.25, 0.3) is 0 Å². The molecule has 0 spiro atoms.